The minimum absolute atomic E-state index is 0.0188. The molecule has 0 amide bonds. The van der Waals surface area contributed by atoms with Gasteiger partial charge >= 0.3 is 6.61 Å². The van der Waals surface area contributed by atoms with Gasteiger partial charge in [-0.25, -0.2) is 0 Å². The van der Waals surface area contributed by atoms with Crippen LogP contribution in [0.15, 0.2) is 42.5 Å². The number of hydrogen-bond acceptors (Lipinski definition) is 2. The van der Waals surface area contributed by atoms with Gasteiger partial charge < -0.3 is 9.84 Å². The number of alkyl halides is 2. The lowest BCUT2D eigenvalue weighted by Crippen LogP contribution is -2.09. The molecule has 0 saturated heterocycles. The second-order valence-corrected chi connectivity index (χ2v) is 5.07. The molecular formula is C17H18F2O2. The number of para-hydroxylation sites is 1. The molecule has 0 aliphatic carbocycles. The summed E-state index contributed by atoms with van der Waals surface area (Å²) in [6, 6.07) is 12.3. The van der Waals surface area contributed by atoms with Crippen LogP contribution in [0.2, 0.25) is 0 Å². The predicted molar refractivity (Wildman–Crippen MR) is 77.7 cm³/mol. The molecule has 112 valence electrons. The molecule has 2 rings (SSSR count). The van der Waals surface area contributed by atoms with Crippen molar-refractivity contribution >= 4 is 0 Å². The van der Waals surface area contributed by atoms with Gasteiger partial charge in [-0.2, -0.15) is 8.78 Å². The van der Waals surface area contributed by atoms with Crippen LogP contribution in [0.1, 0.15) is 28.4 Å². The van der Waals surface area contributed by atoms with Crippen molar-refractivity contribution in [3.63, 3.8) is 0 Å². The molecule has 0 saturated carbocycles. The Morgan fingerprint density at radius 3 is 2.52 bits per heavy atom. The molecule has 0 aliphatic heterocycles. The monoisotopic (exact) mass is 292 g/mol. The van der Waals surface area contributed by atoms with Crippen LogP contribution in [0.4, 0.5) is 8.78 Å². The largest absolute Gasteiger partial charge is 0.434 e. The Morgan fingerprint density at radius 1 is 1.10 bits per heavy atom. The van der Waals surface area contributed by atoms with Gasteiger partial charge in [0.15, 0.2) is 0 Å². The Hall–Kier alpha value is -1.94. The van der Waals surface area contributed by atoms with Crippen LogP contribution >= 0.6 is 0 Å². The highest BCUT2D eigenvalue weighted by molar-refractivity contribution is 5.38. The van der Waals surface area contributed by atoms with Crippen molar-refractivity contribution in [1.82, 2.24) is 0 Å². The van der Waals surface area contributed by atoms with Crippen molar-refractivity contribution in [3.8, 4) is 5.75 Å². The van der Waals surface area contributed by atoms with E-state index in [0.717, 1.165) is 16.7 Å². The first-order chi connectivity index (χ1) is 9.97. The zero-order chi connectivity index (χ0) is 15.4. The van der Waals surface area contributed by atoms with Gasteiger partial charge in [0.05, 0.1) is 6.10 Å². The summed E-state index contributed by atoms with van der Waals surface area (Å²) in [5, 5.41) is 10.4. The SMILES string of the molecule is Cc1ccc(C)c(CC(O)c2ccccc2OC(F)F)c1. The first kappa shape index (κ1) is 15.4. The van der Waals surface area contributed by atoms with E-state index in [9.17, 15) is 13.9 Å². The van der Waals surface area contributed by atoms with Gasteiger partial charge in [-0.05, 0) is 31.0 Å². The lowest BCUT2D eigenvalue weighted by atomic mass is 9.96. The number of aliphatic hydroxyl groups excluding tert-OH is 1. The lowest BCUT2D eigenvalue weighted by Gasteiger charge is -2.17. The van der Waals surface area contributed by atoms with Gasteiger partial charge in [0.2, 0.25) is 0 Å². The van der Waals surface area contributed by atoms with E-state index in [2.05, 4.69) is 4.74 Å². The normalized spacial score (nSPS) is 12.5. The Balaban J connectivity index is 2.24. The number of aliphatic hydroxyl groups is 1. The van der Waals surface area contributed by atoms with Crippen molar-refractivity contribution < 1.29 is 18.6 Å². The minimum Gasteiger partial charge on any atom is -0.434 e. The maximum atomic E-state index is 12.4. The summed E-state index contributed by atoms with van der Waals surface area (Å²) in [5.74, 6) is 0.0188. The molecule has 0 aromatic heterocycles. The molecule has 0 aliphatic rings. The number of benzene rings is 2. The number of ether oxygens (including phenoxy) is 1. The van der Waals surface area contributed by atoms with Gasteiger partial charge in [0.1, 0.15) is 5.75 Å². The first-order valence-corrected chi connectivity index (χ1v) is 6.75. The number of aryl methyl sites for hydroxylation is 2. The topological polar surface area (TPSA) is 29.5 Å². The van der Waals surface area contributed by atoms with E-state index in [1.54, 1.807) is 18.2 Å². The molecule has 0 spiro atoms. The predicted octanol–water partition coefficient (Wildman–Crippen LogP) is 4.18. The molecule has 0 radical (unpaired) electrons. The molecule has 1 atom stereocenters. The molecule has 1 N–H and O–H groups in total. The van der Waals surface area contributed by atoms with E-state index in [-0.39, 0.29) is 5.75 Å². The molecule has 0 heterocycles. The van der Waals surface area contributed by atoms with Gasteiger partial charge in [-0.1, -0.05) is 42.0 Å². The fourth-order valence-corrected chi connectivity index (χ4v) is 2.30. The molecule has 2 aromatic carbocycles. The summed E-state index contributed by atoms with van der Waals surface area (Å²) in [4.78, 5) is 0. The second kappa shape index (κ2) is 6.68. The van der Waals surface area contributed by atoms with Gasteiger partial charge in [-0.15, -0.1) is 0 Å². The third-order valence-corrected chi connectivity index (χ3v) is 3.41. The molecule has 1 unspecified atom stereocenters. The zero-order valence-electron chi connectivity index (χ0n) is 12.0. The Morgan fingerprint density at radius 2 is 1.81 bits per heavy atom. The molecule has 2 nitrogen and oxygen atoms in total. The standard InChI is InChI=1S/C17H18F2O2/c1-11-7-8-12(2)13(9-11)10-15(20)14-5-3-4-6-16(14)21-17(18)19/h3-9,15,17,20H,10H2,1-2H3. The Bertz CT molecular complexity index is 611. The van der Waals surface area contributed by atoms with Gasteiger partial charge in [0.25, 0.3) is 0 Å². The summed E-state index contributed by atoms with van der Waals surface area (Å²) >= 11 is 0. The van der Waals surface area contributed by atoms with E-state index < -0.39 is 12.7 Å². The van der Waals surface area contributed by atoms with E-state index in [4.69, 9.17) is 0 Å². The highest BCUT2D eigenvalue weighted by Crippen LogP contribution is 2.29. The molecule has 2 aromatic rings. The van der Waals surface area contributed by atoms with E-state index >= 15 is 0 Å². The van der Waals surface area contributed by atoms with Gasteiger partial charge in [-0.3, -0.25) is 0 Å². The van der Waals surface area contributed by atoms with Crippen LogP contribution in [0.5, 0.6) is 5.75 Å². The summed E-state index contributed by atoms with van der Waals surface area (Å²) in [6.07, 6.45) is -0.530. The van der Waals surface area contributed by atoms with Gasteiger partial charge in [0, 0.05) is 12.0 Å². The van der Waals surface area contributed by atoms with Crippen molar-refractivity contribution in [2.75, 3.05) is 0 Å². The van der Waals surface area contributed by atoms with E-state index in [0.29, 0.717) is 12.0 Å². The number of halogens is 2. The highest BCUT2D eigenvalue weighted by atomic mass is 19.3. The number of hydrogen-bond donors (Lipinski definition) is 1. The second-order valence-electron chi connectivity index (χ2n) is 5.07. The molecular weight excluding hydrogens is 274 g/mol. The summed E-state index contributed by atoms with van der Waals surface area (Å²) in [7, 11) is 0. The Kier molecular flexibility index (Phi) is 4.91. The third-order valence-electron chi connectivity index (χ3n) is 3.41. The third kappa shape index (κ3) is 4.02. The minimum atomic E-state index is -2.90. The van der Waals surface area contributed by atoms with Crippen molar-refractivity contribution in [3.05, 3.63) is 64.7 Å². The highest BCUT2D eigenvalue weighted by Gasteiger charge is 2.17. The van der Waals surface area contributed by atoms with Crippen LogP contribution < -0.4 is 4.74 Å². The van der Waals surface area contributed by atoms with Crippen LogP contribution in [-0.4, -0.2) is 11.7 Å². The summed E-state index contributed by atoms with van der Waals surface area (Å²) in [6.45, 7) is 1.03. The smallest absolute Gasteiger partial charge is 0.387 e. The lowest BCUT2D eigenvalue weighted by molar-refractivity contribution is -0.0515. The van der Waals surface area contributed by atoms with Crippen LogP contribution in [0, 0.1) is 13.8 Å². The van der Waals surface area contributed by atoms with E-state index in [1.807, 2.05) is 32.0 Å². The van der Waals surface area contributed by atoms with E-state index in [1.165, 1.54) is 6.07 Å². The molecule has 0 fully saturated rings. The quantitative estimate of drug-likeness (QED) is 0.895. The Labute approximate surface area is 123 Å². The van der Waals surface area contributed by atoms with Crippen molar-refractivity contribution in [2.24, 2.45) is 0 Å². The molecule has 0 bridgehead atoms. The van der Waals surface area contributed by atoms with Crippen LogP contribution in [0.3, 0.4) is 0 Å². The fourth-order valence-electron chi connectivity index (χ4n) is 2.30. The molecule has 4 heteroatoms. The average molecular weight is 292 g/mol. The van der Waals surface area contributed by atoms with Crippen LogP contribution in [-0.2, 0) is 6.42 Å². The number of rotatable bonds is 5. The first-order valence-electron chi connectivity index (χ1n) is 6.75. The maximum Gasteiger partial charge on any atom is 0.387 e. The van der Waals surface area contributed by atoms with Crippen molar-refractivity contribution in [2.45, 2.75) is 33.0 Å². The summed E-state index contributed by atoms with van der Waals surface area (Å²) < 4.78 is 29.3. The maximum absolute atomic E-state index is 12.4. The fraction of sp³-hybridized carbons (Fsp3) is 0.294. The summed E-state index contributed by atoms with van der Waals surface area (Å²) in [5.41, 5.74) is 3.53. The van der Waals surface area contributed by atoms with Crippen LogP contribution in [0.25, 0.3) is 0 Å². The zero-order valence-corrected chi connectivity index (χ0v) is 12.0. The molecule has 21 heavy (non-hydrogen) atoms. The average Bonchev–Trinajstić information content (AvgIpc) is 2.42. The van der Waals surface area contributed by atoms with Crippen molar-refractivity contribution in [1.29, 1.82) is 0 Å².